The molecule has 0 bridgehead atoms. The van der Waals surface area contributed by atoms with Gasteiger partial charge >= 0.3 is 0 Å². The molecule has 26 heavy (non-hydrogen) atoms. The number of aryl methyl sites for hydroxylation is 2. The summed E-state index contributed by atoms with van der Waals surface area (Å²) in [7, 11) is 0. The first-order valence-electron chi connectivity index (χ1n) is 8.57. The van der Waals surface area contributed by atoms with Crippen LogP contribution in [0.2, 0.25) is 0 Å². The first-order chi connectivity index (χ1) is 12.4. The molecule has 2 aromatic carbocycles. The highest BCUT2D eigenvalue weighted by Crippen LogP contribution is 2.18. The molecule has 0 aliphatic rings. The molecule has 1 heterocycles. The lowest BCUT2D eigenvalue weighted by molar-refractivity contribution is 0.102. The molecule has 0 saturated carbocycles. The van der Waals surface area contributed by atoms with E-state index < -0.39 is 0 Å². The van der Waals surface area contributed by atoms with Crippen LogP contribution in [0.15, 0.2) is 65.6 Å². The Bertz CT molecular complexity index is 1020. The molecule has 3 rings (SSSR count). The SMILES string of the molecule is Cc1cccc(Cn2cc(C(=O)Nc3cccc(C)c3C)ccc2=O)c1. The van der Waals surface area contributed by atoms with E-state index >= 15 is 0 Å². The lowest BCUT2D eigenvalue weighted by Crippen LogP contribution is -2.22. The fraction of sp³-hybridized carbons (Fsp3) is 0.182. The summed E-state index contributed by atoms with van der Waals surface area (Å²) < 4.78 is 1.56. The molecule has 1 amide bonds. The van der Waals surface area contributed by atoms with E-state index in [1.807, 2.05) is 63.2 Å². The van der Waals surface area contributed by atoms with Gasteiger partial charge in [-0.25, -0.2) is 0 Å². The molecule has 0 saturated heterocycles. The lowest BCUT2D eigenvalue weighted by Gasteiger charge is -2.12. The van der Waals surface area contributed by atoms with Crippen LogP contribution in [0.1, 0.15) is 32.6 Å². The van der Waals surface area contributed by atoms with Crippen LogP contribution >= 0.6 is 0 Å². The highest BCUT2D eigenvalue weighted by atomic mass is 16.2. The van der Waals surface area contributed by atoms with Crippen LogP contribution in [0.4, 0.5) is 5.69 Å². The van der Waals surface area contributed by atoms with Crippen molar-refractivity contribution in [2.75, 3.05) is 5.32 Å². The Morgan fingerprint density at radius 3 is 2.54 bits per heavy atom. The molecular weight excluding hydrogens is 324 g/mol. The molecule has 4 nitrogen and oxygen atoms in total. The van der Waals surface area contributed by atoms with Crippen LogP contribution in [-0.4, -0.2) is 10.5 Å². The van der Waals surface area contributed by atoms with Gasteiger partial charge in [-0.2, -0.15) is 0 Å². The number of carbonyl (C=O) groups excluding carboxylic acids is 1. The summed E-state index contributed by atoms with van der Waals surface area (Å²) in [5, 5.41) is 2.93. The number of hydrogen-bond donors (Lipinski definition) is 1. The van der Waals surface area contributed by atoms with Crippen LogP contribution in [0, 0.1) is 20.8 Å². The average molecular weight is 346 g/mol. The van der Waals surface area contributed by atoms with Crippen molar-refractivity contribution < 1.29 is 4.79 Å². The molecule has 0 aliphatic carbocycles. The van der Waals surface area contributed by atoms with Crippen LogP contribution in [0.5, 0.6) is 0 Å². The topological polar surface area (TPSA) is 51.1 Å². The number of amides is 1. The zero-order chi connectivity index (χ0) is 18.7. The normalized spacial score (nSPS) is 10.6. The van der Waals surface area contributed by atoms with Gasteiger partial charge in [-0.3, -0.25) is 9.59 Å². The Balaban J connectivity index is 1.85. The Labute approximate surface area is 153 Å². The first-order valence-corrected chi connectivity index (χ1v) is 8.57. The fourth-order valence-electron chi connectivity index (χ4n) is 2.88. The standard InChI is InChI=1S/C22H22N2O2/c1-15-6-4-8-18(12-15)13-24-14-19(10-11-21(24)25)22(26)23-20-9-5-7-16(2)17(20)3/h4-12,14H,13H2,1-3H3,(H,23,26). The largest absolute Gasteiger partial charge is 0.322 e. The zero-order valence-electron chi connectivity index (χ0n) is 15.2. The quantitative estimate of drug-likeness (QED) is 0.774. The molecule has 0 unspecified atom stereocenters. The highest BCUT2D eigenvalue weighted by molar-refractivity contribution is 6.04. The number of nitrogens with zero attached hydrogens (tertiary/aromatic N) is 1. The molecular formula is C22H22N2O2. The summed E-state index contributed by atoms with van der Waals surface area (Å²) in [6, 6.07) is 16.8. The van der Waals surface area contributed by atoms with Crippen LogP contribution < -0.4 is 10.9 Å². The van der Waals surface area contributed by atoms with Crippen LogP contribution in [-0.2, 0) is 6.54 Å². The van der Waals surface area contributed by atoms with Gasteiger partial charge in [0.25, 0.3) is 11.5 Å². The van der Waals surface area contributed by atoms with Crippen molar-refractivity contribution in [2.45, 2.75) is 27.3 Å². The number of nitrogens with one attached hydrogen (secondary N) is 1. The van der Waals surface area contributed by atoms with Gasteiger partial charge in [0.1, 0.15) is 0 Å². The van der Waals surface area contributed by atoms with Gasteiger partial charge in [-0.1, -0.05) is 42.0 Å². The number of anilines is 1. The molecule has 4 heteroatoms. The van der Waals surface area contributed by atoms with Crippen molar-refractivity contribution >= 4 is 11.6 Å². The lowest BCUT2D eigenvalue weighted by atomic mass is 10.1. The van der Waals surface area contributed by atoms with Gasteiger partial charge in [-0.05, 0) is 49.6 Å². The molecule has 0 spiro atoms. The van der Waals surface area contributed by atoms with Gasteiger partial charge < -0.3 is 9.88 Å². The average Bonchev–Trinajstić information content (AvgIpc) is 2.61. The van der Waals surface area contributed by atoms with Crippen LogP contribution in [0.25, 0.3) is 0 Å². The number of pyridine rings is 1. The maximum absolute atomic E-state index is 12.6. The van der Waals surface area contributed by atoms with E-state index in [0.29, 0.717) is 12.1 Å². The predicted molar refractivity (Wildman–Crippen MR) is 105 cm³/mol. The van der Waals surface area contributed by atoms with Crippen molar-refractivity contribution in [3.8, 4) is 0 Å². The molecule has 3 aromatic rings. The Hall–Kier alpha value is -3.14. The van der Waals surface area contributed by atoms with Crippen molar-refractivity contribution in [2.24, 2.45) is 0 Å². The van der Waals surface area contributed by atoms with E-state index in [0.717, 1.165) is 27.9 Å². The molecule has 132 valence electrons. The summed E-state index contributed by atoms with van der Waals surface area (Å²) in [6.45, 7) is 6.43. The number of hydrogen-bond acceptors (Lipinski definition) is 2. The van der Waals surface area contributed by atoms with Crippen molar-refractivity contribution in [3.63, 3.8) is 0 Å². The number of rotatable bonds is 4. The first kappa shape index (κ1) is 17.7. The van der Waals surface area contributed by atoms with Crippen molar-refractivity contribution in [1.82, 2.24) is 4.57 Å². The third-order valence-electron chi connectivity index (χ3n) is 4.53. The third-order valence-corrected chi connectivity index (χ3v) is 4.53. The zero-order valence-corrected chi connectivity index (χ0v) is 15.2. The second-order valence-electron chi connectivity index (χ2n) is 6.57. The fourth-order valence-corrected chi connectivity index (χ4v) is 2.88. The smallest absolute Gasteiger partial charge is 0.257 e. The van der Waals surface area contributed by atoms with E-state index in [4.69, 9.17) is 0 Å². The van der Waals surface area contributed by atoms with Gasteiger partial charge in [0.2, 0.25) is 0 Å². The monoisotopic (exact) mass is 346 g/mol. The molecule has 1 N–H and O–H groups in total. The van der Waals surface area contributed by atoms with Gasteiger partial charge in [0.05, 0.1) is 12.1 Å². The minimum atomic E-state index is -0.225. The van der Waals surface area contributed by atoms with Crippen LogP contribution in [0.3, 0.4) is 0 Å². The number of benzene rings is 2. The van der Waals surface area contributed by atoms with E-state index in [-0.39, 0.29) is 11.5 Å². The summed E-state index contributed by atoms with van der Waals surface area (Å²) in [4.78, 5) is 24.8. The van der Waals surface area contributed by atoms with Gasteiger partial charge in [0, 0.05) is 18.0 Å². The number of carbonyl (C=O) groups is 1. The third kappa shape index (κ3) is 3.91. The Kier molecular flexibility index (Phi) is 5.03. The minimum absolute atomic E-state index is 0.130. The second kappa shape index (κ2) is 7.40. The summed E-state index contributed by atoms with van der Waals surface area (Å²) in [6.07, 6.45) is 1.62. The van der Waals surface area contributed by atoms with Gasteiger partial charge in [0.15, 0.2) is 0 Å². The maximum Gasteiger partial charge on any atom is 0.257 e. The highest BCUT2D eigenvalue weighted by Gasteiger charge is 2.10. The summed E-state index contributed by atoms with van der Waals surface area (Å²) in [5.74, 6) is -0.225. The summed E-state index contributed by atoms with van der Waals surface area (Å²) >= 11 is 0. The van der Waals surface area contributed by atoms with E-state index in [2.05, 4.69) is 5.32 Å². The van der Waals surface area contributed by atoms with Gasteiger partial charge in [-0.15, -0.1) is 0 Å². The minimum Gasteiger partial charge on any atom is -0.322 e. The Morgan fingerprint density at radius 1 is 1.00 bits per heavy atom. The van der Waals surface area contributed by atoms with E-state index in [1.165, 1.54) is 6.07 Å². The number of aromatic nitrogens is 1. The second-order valence-corrected chi connectivity index (χ2v) is 6.57. The molecule has 0 radical (unpaired) electrons. The van der Waals surface area contributed by atoms with Crippen molar-refractivity contribution in [3.05, 3.63) is 99.0 Å². The molecule has 0 aliphatic heterocycles. The molecule has 0 fully saturated rings. The predicted octanol–water partition coefficient (Wildman–Crippen LogP) is 4.07. The van der Waals surface area contributed by atoms with E-state index in [1.54, 1.807) is 16.8 Å². The maximum atomic E-state index is 12.6. The summed E-state index contributed by atoms with van der Waals surface area (Å²) in [5.41, 5.74) is 5.43. The van der Waals surface area contributed by atoms with E-state index in [9.17, 15) is 9.59 Å². The Morgan fingerprint density at radius 2 is 1.77 bits per heavy atom. The molecule has 1 aromatic heterocycles. The molecule has 0 atom stereocenters. The van der Waals surface area contributed by atoms with Crippen molar-refractivity contribution in [1.29, 1.82) is 0 Å².